The number of rotatable bonds is 2. The lowest BCUT2D eigenvalue weighted by atomic mass is 10.1. The molecule has 0 unspecified atom stereocenters. The summed E-state index contributed by atoms with van der Waals surface area (Å²) >= 11 is 4.30. The fourth-order valence-electron chi connectivity index (χ4n) is 0.913. The third kappa shape index (κ3) is 1.77. The number of thiol groups is 1. The van der Waals surface area contributed by atoms with Gasteiger partial charge in [0, 0.05) is 4.90 Å². The number of benzene rings is 1. The van der Waals surface area contributed by atoms with Crippen LogP contribution in [-0.2, 0) is 6.42 Å². The van der Waals surface area contributed by atoms with E-state index in [0.29, 0.717) is 0 Å². The maximum atomic E-state index is 4.30. The zero-order valence-electron chi connectivity index (χ0n) is 5.88. The van der Waals surface area contributed by atoms with Crippen molar-refractivity contribution < 1.29 is 0 Å². The van der Waals surface area contributed by atoms with Crippen LogP contribution in [0, 0.1) is 6.92 Å². The first kappa shape index (κ1) is 7.67. The molecular formula is C9H11S. The van der Waals surface area contributed by atoms with Crippen LogP contribution in [0.1, 0.15) is 12.0 Å². The van der Waals surface area contributed by atoms with E-state index in [2.05, 4.69) is 25.6 Å². The zero-order valence-corrected chi connectivity index (χ0v) is 6.77. The van der Waals surface area contributed by atoms with E-state index in [1.807, 2.05) is 18.2 Å². The van der Waals surface area contributed by atoms with Crippen molar-refractivity contribution in [2.24, 2.45) is 0 Å². The lowest BCUT2D eigenvalue weighted by Crippen LogP contribution is -1.83. The van der Waals surface area contributed by atoms with E-state index in [9.17, 15) is 0 Å². The highest BCUT2D eigenvalue weighted by atomic mass is 32.1. The van der Waals surface area contributed by atoms with E-state index in [-0.39, 0.29) is 0 Å². The van der Waals surface area contributed by atoms with Gasteiger partial charge < -0.3 is 0 Å². The van der Waals surface area contributed by atoms with Crippen LogP contribution in [0.4, 0.5) is 0 Å². The van der Waals surface area contributed by atoms with Crippen molar-refractivity contribution in [2.45, 2.75) is 17.7 Å². The molecule has 1 aromatic rings. The first-order valence-corrected chi connectivity index (χ1v) is 3.85. The molecule has 0 atom stereocenters. The molecule has 1 rings (SSSR count). The van der Waals surface area contributed by atoms with Crippen molar-refractivity contribution in [3.63, 3.8) is 0 Å². The topological polar surface area (TPSA) is 0 Å². The highest BCUT2D eigenvalue weighted by Gasteiger charge is 1.93. The molecule has 53 valence electrons. The molecule has 0 saturated heterocycles. The van der Waals surface area contributed by atoms with Crippen LogP contribution >= 0.6 is 12.6 Å². The zero-order chi connectivity index (χ0) is 7.40. The van der Waals surface area contributed by atoms with Crippen molar-refractivity contribution in [3.05, 3.63) is 36.8 Å². The summed E-state index contributed by atoms with van der Waals surface area (Å²) in [5, 5.41) is 0. The summed E-state index contributed by atoms with van der Waals surface area (Å²) in [6, 6.07) is 8.13. The molecule has 0 bridgehead atoms. The van der Waals surface area contributed by atoms with Gasteiger partial charge in [0.1, 0.15) is 0 Å². The molecule has 1 heteroatoms. The Labute approximate surface area is 67.7 Å². The van der Waals surface area contributed by atoms with Crippen molar-refractivity contribution in [1.29, 1.82) is 0 Å². The Morgan fingerprint density at radius 3 is 2.60 bits per heavy atom. The average Bonchev–Trinajstić information content (AvgIpc) is 1.94. The van der Waals surface area contributed by atoms with Crippen LogP contribution in [-0.4, -0.2) is 0 Å². The third-order valence-corrected chi connectivity index (χ3v) is 1.87. The van der Waals surface area contributed by atoms with E-state index in [1.165, 1.54) is 5.56 Å². The predicted octanol–water partition coefficient (Wildman–Crippen LogP) is 2.74. The average molecular weight is 151 g/mol. The summed E-state index contributed by atoms with van der Waals surface area (Å²) in [6.07, 6.45) is 1.97. The molecule has 0 saturated carbocycles. The fourth-order valence-corrected chi connectivity index (χ4v) is 1.19. The van der Waals surface area contributed by atoms with Crippen LogP contribution < -0.4 is 0 Å². The molecule has 0 spiro atoms. The molecule has 0 aliphatic rings. The Morgan fingerprint density at radius 1 is 1.30 bits per heavy atom. The first-order valence-electron chi connectivity index (χ1n) is 3.40. The Morgan fingerprint density at radius 2 is 2.00 bits per heavy atom. The molecule has 0 N–H and O–H groups in total. The van der Waals surface area contributed by atoms with Crippen molar-refractivity contribution in [2.75, 3.05) is 0 Å². The predicted molar refractivity (Wildman–Crippen MR) is 47.4 cm³/mol. The summed E-state index contributed by atoms with van der Waals surface area (Å²) in [5.74, 6) is 0. The minimum absolute atomic E-state index is 0.942. The SMILES string of the molecule is [CH2]CCc1ccccc1S. The molecule has 0 amide bonds. The minimum Gasteiger partial charge on any atom is -0.143 e. The van der Waals surface area contributed by atoms with E-state index >= 15 is 0 Å². The molecule has 0 nitrogen and oxygen atoms in total. The molecular weight excluding hydrogens is 140 g/mol. The van der Waals surface area contributed by atoms with Gasteiger partial charge in [-0.25, -0.2) is 0 Å². The molecule has 0 heterocycles. The maximum Gasteiger partial charge on any atom is 0.00720 e. The molecule has 1 aromatic carbocycles. The van der Waals surface area contributed by atoms with Crippen LogP contribution in [0.5, 0.6) is 0 Å². The Bertz CT molecular complexity index is 206. The quantitative estimate of drug-likeness (QED) is 0.617. The van der Waals surface area contributed by atoms with Gasteiger partial charge in [-0.05, 0) is 24.5 Å². The van der Waals surface area contributed by atoms with Gasteiger partial charge in [-0.1, -0.05) is 25.1 Å². The van der Waals surface area contributed by atoms with Gasteiger partial charge in [-0.15, -0.1) is 12.6 Å². The highest BCUT2D eigenvalue weighted by molar-refractivity contribution is 7.80. The van der Waals surface area contributed by atoms with Gasteiger partial charge in [0.2, 0.25) is 0 Å². The van der Waals surface area contributed by atoms with Gasteiger partial charge in [-0.2, -0.15) is 0 Å². The van der Waals surface area contributed by atoms with Gasteiger partial charge in [0.15, 0.2) is 0 Å². The molecule has 10 heavy (non-hydrogen) atoms. The number of hydrogen-bond acceptors (Lipinski definition) is 1. The van der Waals surface area contributed by atoms with Crippen molar-refractivity contribution in [1.82, 2.24) is 0 Å². The minimum atomic E-state index is 0.942. The van der Waals surface area contributed by atoms with E-state index in [4.69, 9.17) is 0 Å². The monoisotopic (exact) mass is 151 g/mol. The number of hydrogen-bond donors (Lipinski definition) is 1. The largest absolute Gasteiger partial charge is 0.143 e. The van der Waals surface area contributed by atoms with Gasteiger partial charge in [0.05, 0.1) is 0 Å². The first-order chi connectivity index (χ1) is 4.84. The van der Waals surface area contributed by atoms with Crippen LogP contribution in [0.2, 0.25) is 0 Å². The summed E-state index contributed by atoms with van der Waals surface area (Å²) in [4.78, 5) is 1.08. The van der Waals surface area contributed by atoms with E-state index in [1.54, 1.807) is 0 Å². The van der Waals surface area contributed by atoms with E-state index < -0.39 is 0 Å². The summed E-state index contributed by atoms with van der Waals surface area (Å²) < 4.78 is 0. The molecule has 0 aliphatic carbocycles. The Hall–Kier alpha value is -0.430. The molecule has 0 fully saturated rings. The smallest absolute Gasteiger partial charge is 0.00720 e. The molecule has 1 radical (unpaired) electrons. The van der Waals surface area contributed by atoms with Gasteiger partial charge in [0.25, 0.3) is 0 Å². The van der Waals surface area contributed by atoms with Crippen LogP contribution in [0.15, 0.2) is 29.2 Å². The Kier molecular flexibility index (Phi) is 2.82. The lowest BCUT2D eigenvalue weighted by Gasteiger charge is -2.00. The summed E-state index contributed by atoms with van der Waals surface area (Å²) in [5.41, 5.74) is 1.29. The normalized spacial score (nSPS) is 9.80. The number of aryl methyl sites for hydroxylation is 1. The van der Waals surface area contributed by atoms with E-state index in [0.717, 1.165) is 17.7 Å². The maximum absolute atomic E-state index is 4.30. The Balaban J connectivity index is 2.81. The van der Waals surface area contributed by atoms with Crippen molar-refractivity contribution in [3.8, 4) is 0 Å². The summed E-state index contributed by atoms with van der Waals surface area (Å²) in [6.45, 7) is 3.79. The van der Waals surface area contributed by atoms with Gasteiger partial charge in [-0.3, -0.25) is 0 Å². The second kappa shape index (κ2) is 3.67. The highest BCUT2D eigenvalue weighted by Crippen LogP contribution is 2.13. The second-order valence-corrected chi connectivity index (χ2v) is 2.71. The summed E-state index contributed by atoms with van der Waals surface area (Å²) in [7, 11) is 0. The third-order valence-electron chi connectivity index (χ3n) is 1.44. The fraction of sp³-hybridized carbons (Fsp3) is 0.222. The van der Waals surface area contributed by atoms with Crippen LogP contribution in [0.25, 0.3) is 0 Å². The second-order valence-electron chi connectivity index (χ2n) is 2.23. The molecule has 0 aliphatic heterocycles. The lowest BCUT2D eigenvalue weighted by molar-refractivity contribution is 0.970. The van der Waals surface area contributed by atoms with Gasteiger partial charge >= 0.3 is 0 Å². The molecule has 0 aromatic heterocycles. The standard InChI is InChI=1S/C9H11S/c1-2-5-8-6-3-4-7-9(8)10/h3-4,6-7,10H,1-2,5H2. The van der Waals surface area contributed by atoms with Crippen molar-refractivity contribution >= 4 is 12.6 Å². The van der Waals surface area contributed by atoms with Crippen LogP contribution in [0.3, 0.4) is 0 Å².